The van der Waals surface area contributed by atoms with Gasteiger partial charge in [0.1, 0.15) is 5.56 Å². The second-order valence-electron chi connectivity index (χ2n) is 4.61. The molecule has 0 spiro atoms. The molecule has 0 amide bonds. The van der Waals surface area contributed by atoms with Crippen molar-refractivity contribution < 1.29 is 18.3 Å². The van der Waals surface area contributed by atoms with Crippen LogP contribution in [0, 0.1) is 0 Å². The normalized spacial score (nSPS) is 11.8. The van der Waals surface area contributed by atoms with Crippen molar-refractivity contribution in [2.75, 3.05) is 14.1 Å². The summed E-state index contributed by atoms with van der Waals surface area (Å²) in [5.41, 5.74) is 0.808. The number of hydrogen-bond donors (Lipinski definition) is 1. The number of carboxylic acid groups (broad SMARTS) is 1. The quantitative estimate of drug-likeness (QED) is 0.883. The van der Waals surface area contributed by atoms with Gasteiger partial charge in [0.15, 0.2) is 0 Å². The number of nitrogens with zero attached hydrogens (tertiary/aromatic N) is 3. The summed E-state index contributed by atoms with van der Waals surface area (Å²) in [7, 11) is -1.14. The highest BCUT2D eigenvalue weighted by Gasteiger charge is 2.26. The fraction of sp³-hybridized carbons (Fsp3) is 0.231. The van der Waals surface area contributed by atoms with E-state index in [1.807, 2.05) is 6.07 Å². The SMILES string of the molecule is CN(C)S(=O)(=O)n1ncc(C(=O)O)c1Cc1ccccc1. The van der Waals surface area contributed by atoms with Crippen LogP contribution in [-0.4, -0.2) is 47.1 Å². The topological polar surface area (TPSA) is 92.5 Å². The third kappa shape index (κ3) is 2.96. The maximum atomic E-state index is 12.2. The van der Waals surface area contributed by atoms with Gasteiger partial charge in [0.25, 0.3) is 0 Å². The maximum Gasteiger partial charge on any atom is 0.339 e. The van der Waals surface area contributed by atoms with Gasteiger partial charge in [-0.1, -0.05) is 30.3 Å². The van der Waals surface area contributed by atoms with Gasteiger partial charge in [-0.15, -0.1) is 4.09 Å². The van der Waals surface area contributed by atoms with Gasteiger partial charge in [0.05, 0.1) is 11.9 Å². The molecule has 0 saturated heterocycles. The molecule has 1 aromatic heterocycles. The molecule has 0 aliphatic heterocycles. The molecule has 2 aromatic rings. The van der Waals surface area contributed by atoms with Crippen molar-refractivity contribution in [2.45, 2.75) is 6.42 Å². The number of benzene rings is 1. The minimum absolute atomic E-state index is 0.121. The number of aromatic nitrogens is 2. The van der Waals surface area contributed by atoms with Gasteiger partial charge in [-0.3, -0.25) is 0 Å². The minimum Gasteiger partial charge on any atom is -0.478 e. The van der Waals surface area contributed by atoms with Crippen molar-refractivity contribution in [1.29, 1.82) is 0 Å². The second-order valence-corrected chi connectivity index (χ2v) is 6.58. The van der Waals surface area contributed by atoms with Gasteiger partial charge in [0.2, 0.25) is 0 Å². The molecule has 0 radical (unpaired) electrons. The lowest BCUT2D eigenvalue weighted by Crippen LogP contribution is -2.31. The second kappa shape index (κ2) is 5.66. The van der Waals surface area contributed by atoms with E-state index in [9.17, 15) is 18.3 Å². The monoisotopic (exact) mass is 309 g/mol. The number of carbonyl (C=O) groups is 1. The highest BCUT2D eigenvalue weighted by Crippen LogP contribution is 2.17. The van der Waals surface area contributed by atoms with Gasteiger partial charge in [-0.2, -0.15) is 17.8 Å². The Balaban J connectivity index is 2.56. The lowest BCUT2D eigenvalue weighted by atomic mass is 10.1. The molecule has 8 heteroatoms. The van der Waals surface area contributed by atoms with Crippen molar-refractivity contribution in [3.63, 3.8) is 0 Å². The molecule has 1 aromatic carbocycles. The fourth-order valence-electron chi connectivity index (χ4n) is 1.84. The first-order valence-corrected chi connectivity index (χ1v) is 7.51. The predicted octanol–water partition coefficient (Wildman–Crippen LogP) is 0.827. The Labute approximate surface area is 122 Å². The summed E-state index contributed by atoms with van der Waals surface area (Å²) in [5, 5.41) is 12.9. The Hall–Kier alpha value is -2.19. The van der Waals surface area contributed by atoms with Crippen molar-refractivity contribution in [3.05, 3.63) is 53.3 Å². The smallest absolute Gasteiger partial charge is 0.339 e. The largest absolute Gasteiger partial charge is 0.478 e. The fourth-order valence-corrected chi connectivity index (χ4v) is 2.76. The molecule has 0 atom stereocenters. The summed E-state index contributed by atoms with van der Waals surface area (Å²) >= 11 is 0. The first-order valence-electron chi connectivity index (χ1n) is 6.11. The lowest BCUT2D eigenvalue weighted by molar-refractivity contribution is 0.0696. The summed E-state index contributed by atoms with van der Waals surface area (Å²) in [6, 6.07) is 9.03. The Morgan fingerprint density at radius 3 is 2.43 bits per heavy atom. The molecule has 21 heavy (non-hydrogen) atoms. The molecule has 0 saturated carbocycles. The van der Waals surface area contributed by atoms with Gasteiger partial charge in [-0.25, -0.2) is 4.79 Å². The Morgan fingerprint density at radius 1 is 1.29 bits per heavy atom. The van der Waals surface area contributed by atoms with Crippen LogP contribution in [0.15, 0.2) is 36.5 Å². The summed E-state index contributed by atoms with van der Waals surface area (Å²) < 4.78 is 26.2. The molecule has 112 valence electrons. The molecule has 1 heterocycles. The standard InChI is InChI=1S/C13H15N3O4S/c1-15(2)21(19,20)16-12(11(9-14-16)13(17)18)8-10-6-4-3-5-7-10/h3-7,9H,8H2,1-2H3,(H,17,18). The van der Waals surface area contributed by atoms with Gasteiger partial charge >= 0.3 is 16.2 Å². The third-order valence-corrected chi connectivity index (χ3v) is 4.63. The minimum atomic E-state index is -3.86. The van der Waals surface area contributed by atoms with E-state index in [4.69, 9.17) is 0 Å². The van der Waals surface area contributed by atoms with Crippen molar-refractivity contribution in [3.8, 4) is 0 Å². The van der Waals surface area contributed by atoms with E-state index in [2.05, 4.69) is 5.10 Å². The van der Waals surface area contributed by atoms with Crippen LogP contribution in [0.5, 0.6) is 0 Å². The summed E-state index contributed by atoms with van der Waals surface area (Å²) in [6.45, 7) is 0. The summed E-state index contributed by atoms with van der Waals surface area (Å²) in [4.78, 5) is 11.3. The average molecular weight is 309 g/mol. The number of hydrogen-bond acceptors (Lipinski definition) is 4. The molecule has 0 bridgehead atoms. The van der Waals surface area contributed by atoms with Gasteiger partial charge in [-0.05, 0) is 5.56 Å². The van der Waals surface area contributed by atoms with E-state index in [1.54, 1.807) is 24.3 Å². The van der Waals surface area contributed by atoms with Crippen LogP contribution >= 0.6 is 0 Å². The molecular weight excluding hydrogens is 294 g/mol. The third-order valence-electron chi connectivity index (χ3n) is 2.96. The van der Waals surface area contributed by atoms with E-state index in [0.717, 1.165) is 20.2 Å². The van der Waals surface area contributed by atoms with Gasteiger partial charge < -0.3 is 5.11 Å². The Bertz CT molecular complexity index is 751. The van der Waals surface area contributed by atoms with E-state index >= 15 is 0 Å². The van der Waals surface area contributed by atoms with Crippen LogP contribution in [0.3, 0.4) is 0 Å². The van der Waals surface area contributed by atoms with Gasteiger partial charge in [0, 0.05) is 20.5 Å². The van der Waals surface area contributed by atoms with Crippen LogP contribution in [0.1, 0.15) is 21.6 Å². The van der Waals surface area contributed by atoms with E-state index in [1.165, 1.54) is 14.1 Å². The molecule has 0 aliphatic rings. The molecule has 1 N–H and O–H groups in total. The maximum absolute atomic E-state index is 12.2. The zero-order chi connectivity index (χ0) is 15.6. The van der Waals surface area contributed by atoms with Crippen molar-refractivity contribution in [2.24, 2.45) is 0 Å². The number of aromatic carboxylic acids is 1. The molecule has 0 fully saturated rings. The first kappa shape index (κ1) is 15.2. The summed E-state index contributed by atoms with van der Waals surface area (Å²) in [6.07, 6.45) is 1.22. The number of rotatable bonds is 5. The predicted molar refractivity (Wildman–Crippen MR) is 76.4 cm³/mol. The average Bonchev–Trinajstić information content (AvgIpc) is 2.84. The first-order chi connectivity index (χ1) is 9.84. The zero-order valence-electron chi connectivity index (χ0n) is 11.6. The Kier molecular flexibility index (Phi) is 4.10. The van der Waals surface area contributed by atoms with Crippen LogP contribution in [0.2, 0.25) is 0 Å². The van der Waals surface area contributed by atoms with E-state index < -0.39 is 16.2 Å². The Morgan fingerprint density at radius 2 is 1.90 bits per heavy atom. The highest BCUT2D eigenvalue weighted by atomic mass is 32.2. The number of carboxylic acids is 1. The van der Waals surface area contributed by atoms with E-state index in [0.29, 0.717) is 0 Å². The van der Waals surface area contributed by atoms with Crippen LogP contribution in [0.4, 0.5) is 0 Å². The van der Waals surface area contributed by atoms with Crippen molar-refractivity contribution >= 4 is 16.2 Å². The van der Waals surface area contributed by atoms with Crippen LogP contribution in [0.25, 0.3) is 0 Å². The van der Waals surface area contributed by atoms with E-state index in [-0.39, 0.29) is 17.7 Å². The zero-order valence-corrected chi connectivity index (χ0v) is 12.4. The molecule has 0 aliphatic carbocycles. The molecular formula is C13H15N3O4S. The molecule has 2 rings (SSSR count). The lowest BCUT2D eigenvalue weighted by Gasteiger charge is -2.14. The van der Waals surface area contributed by atoms with Crippen LogP contribution in [-0.2, 0) is 16.6 Å². The van der Waals surface area contributed by atoms with Crippen LogP contribution < -0.4 is 0 Å². The highest BCUT2D eigenvalue weighted by molar-refractivity contribution is 7.87. The summed E-state index contributed by atoms with van der Waals surface area (Å²) in [5.74, 6) is -1.21. The molecule has 0 unspecified atom stereocenters. The molecule has 7 nitrogen and oxygen atoms in total. The van der Waals surface area contributed by atoms with Crippen molar-refractivity contribution in [1.82, 2.24) is 13.5 Å².